The molecule has 6 nitrogen and oxygen atoms in total. The largest absolute Gasteiger partial charge is 0.456 e. The van der Waals surface area contributed by atoms with E-state index < -0.39 is 24.7 Å². The van der Waals surface area contributed by atoms with E-state index >= 15 is 0 Å². The van der Waals surface area contributed by atoms with E-state index in [-0.39, 0.29) is 18.8 Å². The molecule has 8 heteroatoms. The molecule has 160 valence electrons. The van der Waals surface area contributed by atoms with Gasteiger partial charge in [-0.1, -0.05) is 72.3 Å². The lowest BCUT2D eigenvalue weighted by molar-refractivity contribution is -0.144. The highest BCUT2D eigenvalue weighted by Gasteiger charge is 2.25. The van der Waals surface area contributed by atoms with Crippen LogP contribution in [0.2, 0.25) is 4.34 Å². The van der Waals surface area contributed by atoms with E-state index in [0.29, 0.717) is 9.21 Å². The topological polar surface area (TPSA) is 81.7 Å². The van der Waals surface area contributed by atoms with Crippen LogP contribution in [0.15, 0.2) is 72.8 Å². The Kier molecular flexibility index (Phi) is 8.20. The van der Waals surface area contributed by atoms with Crippen molar-refractivity contribution in [3.63, 3.8) is 0 Å². The van der Waals surface area contributed by atoms with E-state index in [1.54, 1.807) is 12.1 Å². The van der Waals surface area contributed by atoms with E-state index in [2.05, 4.69) is 5.32 Å². The number of thiophene rings is 1. The number of benzene rings is 2. The number of Topliss-reactive ketones (excluding diaryl/α,β-unsaturated/α-hetero) is 1. The lowest BCUT2D eigenvalue weighted by atomic mass is 10.1. The van der Waals surface area contributed by atoms with Crippen LogP contribution in [0.1, 0.15) is 20.8 Å². The van der Waals surface area contributed by atoms with Gasteiger partial charge in [-0.05, 0) is 23.3 Å². The minimum atomic E-state index is -1.01. The van der Waals surface area contributed by atoms with Gasteiger partial charge in [0.25, 0.3) is 0 Å². The number of amides is 1. The highest BCUT2D eigenvalue weighted by Crippen LogP contribution is 2.21. The molecule has 0 radical (unpaired) electrons. The quantitative estimate of drug-likeness (QED) is 0.373. The summed E-state index contributed by atoms with van der Waals surface area (Å²) in [6.45, 7) is -0.376. The average Bonchev–Trinajstić information content (AvgIpc) is 3.23. The number of hydrogen-bond donors (Lipinski definition) is 1. The van der Waals surface area contributed by atoms with Gasteiger partial charge in [0, 0.05) is 6.42 Å². The van der Waals surface area contributed by atoms with E-state index in [1.807, 2.05) is 60.7 Å². The first kappa shape index (κ1) is 22.5. The predicted octanol–water partition coefficient (Wildman–Crippen LogP) is 4.67. The molecule has 31 heavy (non-hydrogen) atoms. The number of ketones is 1. The Morgan fingerprint density at radius 3 is 2.13 bits per heavy atom. The maximum absolute atomic E-state index is 12.6. The van der Waals surface area contributed by atoms with Crippen molar-refractivity contribution >= 4 is 40.8 Å². The van der Waals surface area contributed by atoms with Crippen molar-refractivity contribution in [1.29, 1.82) is 0 Å². The SMILES string of the molecule is O=C(N[C@H](Cc1ccccc1)C(=O)OCC(=O)c1ccc(Cl)s1)OCc1ccccc1. The molecule has 2 aromatic carbocycles. The zero-order chi connectivity index (χ0) is 22.1. The molecular formula is C23H20ClNO5S. The van der Waals surface area contributed by atoms with Gasteiger partial charge in [-0.25, -0.2) is 9.59 Å². The molecule has 1 N–H and O–H groups in total. The fourth-order valence-electron chi connectivity index (χ4n) is 2.72. The monoisotopic (exact) mass is 457 g/mol. The molecule has 1 atom stereocenters. The van der Waals surface area contributed by atoms with Crippen molar-refractivity contribution < 1.29 is 23.9 Å². The van der Waals surface area contributed by atoms with Crippen LogP contribution in [-0.4, -0.2) is 30.5 Å². The summed E-state index contributed by atoms with van der Waals surface area (Å²) in [5.74, 6) is -1.09. The zero-order valence-electron chi connectivity index (χ0n) is 16.5. The summed E-state index contributed by atoms with van der Waals surface area (Å²) in [6, 6.07) is 20.5. The summed E-state index contributed by atoms with van der Waals surface area (Å²) in [4.78, 5) is 37.5. The van der Waals surface area contributed by atoms with Gasteiger partial charge >= 0.3 is 12.1 Å². The number of alkyl carbamates (subject to hydrolysis) is 1. The second-order valence-corrected chi connectivity index (χ2v) is 8.30. The molecule has 3 rings (SSSR count). The second kappa shape index (κ2) is 11.3. The van der Waals surface area contributed by atoms with Gasteiger partial charge in [-0.2, -0.15) is 0 Å². The minimum Gasteiger partial charge on any atom is -0.456 e. The Bertz CT molecular complexity index is 1020. The summed E-state index contributed by atoms with van der Waals surface area (Å²) in [7, 11) is 0. The average molecular weight is 458 g/mol. The molecule has 0 aliphatic carbocycles. The number of nitrogens with one attached hydrogen (secondary N) is 1. The number of rotatable bonds is 9. The number of esters is 1. The molecule has 0 saturated heterocycles. The predicted molar refractivity (Wildman–Crippen MR) is 118 cm³/mol. The van der Waals surface area contributed by atoms with Crippen molar-refractivity contribution in [3.05, 3.63) is 93.1 Å². The molecule has 1 amide bonds. The molecule has 0 aliphatic heterocycles. The van der Waals surface area contributed by atoms with Crippen molar-refractivity contribution in [2.45, 2.75) is 19.1 Å². The summed E-state index contributed by atoms with van der Waals surface area (Å²) in [5.41, 5.74) is 1.64. The van der Waals surface area contributed by atoms with Gasteiger partial charge in [0.1, 0.15) is 12.6 Å². The van der Waals surface area contributed by atoms with Crippen LogP contribution >= 0.6 is 22.9 Å². The van der Waals surface area contributed by atoms with Gasteiger partial charge in [0.05, 0.1) is 9.21 Å². The first-order valence-corrected chi connectivity index (χ1v) is 10.7. The van der Waals surface area contributed by atoms with Gasteiger partial charge in [0.15, 0.2) is 6.61 Å². The highest BCUT2D eigenvalue weighted by atomic mass is 35.5. The third-order valence-corrected chi connectivity index (χ3v) is 5.54. The number of halogens is 1. The zero-order valence-corrected chi connectivity index (χ0v) is 18.0. The Labute approximate surface area is 188 Å². The second-order valence-electron chi connectivity index (χ2n) is 6.58. The first-order chi connectivity index (χ1) is 15.0. The fourth-order valence-corrected chi connectivity index (χ4v) is 3.69. The molecule has 0 bridgehead atoms. The maximum atomic E-state index is 12.6. The molecular weight excluding hydrogens is 438 g/mol. The summed E-state index contributed by atoms with van der Waals surface area (Å²) < 4.78 is 10.8. The van der Waals surface area contributed by atoms with Crippen LogP contribution in [0.25, 0.3) is 0 Å². The van der Waals surface area contributed by atoms with Crippen LogP contribution < -0.4 is 5.32 Å². The highest BCUT2D eigenvalue weighted by molar-refractivity contribution is 7.18. The van der Waals surface area contributed by atoms with Gasteiger partial charge < -0.3 is 14.8 Å². The van der Waals surface area contributed by atoms with Crippen LogP contribution in [0.3, 0.4) is 0 Å². The molecule has 0 fully saturated rings. The molecule has 1 aromatic heterocycles. The van der Waals surface area contributed by atoms with Crippen molar-refractivity contribution in [1.82, 2.24) is 5.32 Å². The fraction of sp³-hybridized carbons (Fsp3) is 0.174. The summed E-state index contributed by atoms with van der Waals surface area (Å²) in [6.07, 6.45) is -0.558. The third-order valence-electron chi connectivity index (χ3n) is 4.27. The Morgan fingerprint density at radius 2 is 1.52 bits per heavy atom. The Hall–Kier alpha value is -3.16. The van der Waals surface area contributed by atoms with E-state index in [1.165, 1.54) is 0 Å². The number of carbonyl (C=O) groups is 3. The molecule has 1 heterocycles. The van der Waals surface area contributed by atoms with Crippen LogP contribution in [0, 0.1) is 0 Å². The molecule has 0 aliphatic rings. The van der Waals surface area contributed by atoms with E-state index in [4.69, 9.17) is 21.1 Å². The van der Waals surface area contributed by atoms with Crippen molar-refractivity contribution in [2.75, 3.05) is 6.61 Å². The standard InChI is InChI=1S/C23H20ClNO5S/c24-21-12-11-20(31-21)19(26)15-29-22(27)18(13-16-7-3-1-4-8-16)25-23(28)30-14-17-9-5-2-6-10-17/h1-12,18H,13-15H2,(H,25,28)/t18-/m1/s1. The number of ether oxygens (including phenoxy) is 2. The Balaban J connectivity index is 1.60. The molecule has 0 unspecified atom stereocenters. The molecule has 0 saturated carbocycles. The minimum absolute atomic E-state index is 0.0669. The normalized spacial score (nSPS) is 11.4. The third kappa shape index (κ3) is 7.24. The van der Waals surface area contributed by atoms with Crippen LogP contribution in [-0.2, 0) is 27.3 Å². The van der Waals surface area contributed by atoms with Gasteiger partial charge in [0.2, 0.25) is 5.78 Å². The first-order valence-electron chi connectivity index (χ1n) is 9.47. The van der Waals surface area contributed by atoms with E-state index in [0.717, 1.165) is 22.5 Å². The smallest absolute Gasteiger partial charge is 0.408 e. The lowest BCUT2D eigenvalue weighted by Crippen LogP contribution is -2.44. The van der Waals surface area contributed by atoms with Gasteiger partial charge in [-0.3, -0.25) is 4.79 Å². The number of carbonyl (C=O) groups excluding carboxylic acids is 3. The van der Waals surface area contributed by atoms with Crippen molar-refractivity contribution in [3.8, 4) is 0 Å². The summed E-state index contributed by atoms with van der Waals surface area (Å²) in [5, 5.41) is 2.54. The molecule has 0 spiro atoms. The lowest BCUT2D eigenvalue weighted by Gasteiger charge is -2.17. The maximum Gasteiger partial charge on any atom is 0.408 e. The van der Waals surface area contributed by atoms with Crippen LogP contribution in [0.5, 0.6) is 0 Å². The van der Waals surface area contributed by atoms with Crippen molar-refractivity contribution in [2.24, 2.45) is 0 Å². The van der Waals surface area contributed by atoms with Crippen LogP contribution in [0.4, 0.5) is 4.79 Å². The molecule has 3 aromatic rings. The summed E-state index contributed by atoms with van der Waals surface area (Å²) >= 11 is 6.94. The van der Waals surface area contributed by atoms with E-state index in [9.17, 15) is 14.4 Å². The number of hydrogen-bond acceptors (Lipinski definition) is 6. The Morgan fingerprint density at radius 1 is 0.871 bits per heavy atom. The van der Waals surface area contributed by atoms with Gasteiger partial charge in [-0.15, -0.1) is 11.3 Å².